The molecule has 3 fully saturated rings. The maximum atomic E-state index is 13.1. The van der Waals surface area contributed by atoms with E-state index in [1.807, 2.05) is 12.4 Å². The van der Waals surface area contributed by atoms with Crippen LogP contribution in [-0.4, -0.2) is 35.5 Å². The van der Waals surface area contributed by atoms with Gasteiger partial charge < -0.3 is 14.8 Å². The van der Waals surface area contributed by atoms with E-state index in [9.17, 15) is 9.90 Å². The third kappa shape index (κ3) is 4.99. The number of carbonyl (C=O) groups excluding carboxylic acids is 1. The van der Waals surface area contributed by atoms with Gasteiger partial charge in [-0.3, -0.25) is 4.79 Å². The topological polar surface area (TPSA) is 74.7 Å². The first kappa shape index (κ1) is 22.9. The van der Waals surface area contributed by atoms with Crippen molar-refractivity contribution in [2.75, 3.05) is 13.2 Å². The van der Waals surface area contributed by atoms with Crippen molar-refractivity contribution >= 4 is 23.6 Å². The lowest BCUT2D eigenvalue weighted by Gasteiger charge is -2.38. The van der Waals surface area contributed by atoms with Gasteiger partial charge in [0, 0.05) is 23.4 Å². The number of rotatable bonds is 7. The highest BCUT2D eigenvalue weighted by Gasteiger charge is 2.55. The second-order valence-electron chi connectivity index (χ2n) is 11.3. The monoisotopic (exact) mass is 452 g/mol. The molecule has 0 radical (unpaired) electrons. The van der Waals surface area contributed by atoms with E-state index in [0.717, 1.165) is 63.6 Å². The molecule has 5 nitrogen and oxygen atoms in total. The van der Waals surface area contributed by atoms with Crippen LogP contribution in [0.1, 0.15) is 95.5 Å². The highest BCUT2D eigenvalue weighted by Crippen LogP contribution is 2.62. The summed E-state index contributed by atoms with van der Waals surface area (Å²) in [6.07, 6.45) is 21.8. The number of allylic oxidation sites excluding steroid dienone is 2. The van der Waals surface area contributed by atoms with Gasteiger partial charge in [-0.1, -0.05) is 25.3 Å². The molecule has 4 aliphatic rings. The van der Waals surface area contributed by atoms with Crippen LogP contribution in [0.2, 0.25) is 0 Å². The van der Waals surface area contributed by atoms with Crippen molar-refractivity contribution in [2.24, 2.45) is 27.7 Å². The number of esters is 1. The number of aliphatic hydroxyl groups is 1. The summed E-state index contributed by atoms with van der Waals surface area (Å²) >= 11 is 0. The van der Waals surface area contributed by atoms with Gasteiger partial charge in [-0.15, -0.1) is 0 Å². The van der Waals surface area contributed by atoms with Gasteiger partial charge in [-0.05, 0) is 93.6 Å². The number of H-pyrrole nitrogens is 1. The highest BCUT2D eigenvalue weighted by molar-refractivity contribution is 5.77. The van der Waals surface area contributed by atoms with E-state index in [-0.39, 0.29) is 29.3 Å². The molecular weight excluding hydrogens is 412 g/mol. The second kappa shape index (κ2) is 9.77. The molecule has 0 aromatic carbocycles. The predicted molar refractivity (Wildman–Crippen MR) is 131 cm³/mol. The SMILES string of the molecule is O=C(OCC1(CO)CCCCC1)[C@@H]1CCC(CC/C2=C/CC/C=N\c3[nH]ccc32)CC12CC2. The van der Waals surface area contributed by atoms with Crippen LogP contribution >= 0.6 is 0 Å². The summed E-state index contributed by atoms with van der Waals surface area (Å²) in [5.41, 5.74) is 2.69. The molecular formula is C28H40N2O3. The quantitative estimate of drug-likeness (QED) is 0.473. The fraction of sp³-hybridized carbons (Fsp3) is 0.714. The Labute approximate surface area is 198 Å². The summed E-state index contributed by atoms with van der Waals surface area (Å²) in [7, 11) is 0. The average Bonchev–Trinajstić information content (AvgIpc) is 3.43. The van der Waals surface area contributed by atoms with Crippen LogP contribution in [0.5, 0.6) is 0 Å². The number of carbonyl (C=O) groups is 1. The fourth-order valence-electron chi connectivity index (χ4n) is 6.75. The van der Waals surface area contributed by atoms with Crippen molar-refractivity contribution in [3.8, 4) is 0 Å². The molecule has 0 amide bonds. The van der Waals surface area contributed by atoms with Crippen LogP contribution in [0.15, 0.2) is 23.3 Å². The van der Waals surface area contributed by atoms with Gasteiger partial charge >= 0.3 is 5.97 Å². The molecule has 2 atom stereocenters. The van der Waals surface area contributed by atoms with Gasteiger partial charge in [0.2, 0.25) is 0 Å². The van der Waals surface area contributed by atoms with Gasteiger partial charge in [0.05, 0.1) is 19.1 Å². The van der Waals surface area contributed by atoms with Crippen molar-refractivity contribution in [1.29, 1.82) is 0 Å². The Morgan fingerprint density at radius 2 is 2.00 bits per heavy atom. The zero-order valence-electron chi connectivity index (χ0n) is 20.0. The number of hydrogen-bond acceptors (Lipinski definition) is 4. The Morgan fingerprint density at radius 3 is 2.79 bits per heavy atom. The first-order valence-electron chi connectivity index (χ1n) is 13.3. The number of aromatic amines is 1. The highest BCUT2D eigenvalue weighted by atomic mass is 16.5. The number of ether oxygens (including phenoxy) is 1. The zero-order valence-corrected chi connectivity index (χ0v) is 20.0. The van der Waals surface area contributed by atoms with Crippen molar-refractivity contribution < 1.29 is 14.6 Å². The number of fused-ring (bicyclic) bond motifs is 1. The molecule has 5 heteroatoms. The van der Waals surface area contributed by atoms with E-state index < -0.39 is 0 Å². The molecule has 2 N–H and O–H groups in total. The van der Waals surface area contributed by atoms with Crippen LogP contribution in [0.3, 0.4) is 0 Å². The van der Waals surface area contributed by atoms with Crippen molar-refractivity contribution in [2.45, 2.75) is 89.9 Å². The van der Waals surface area contributed by atoms with E-state index >= 15 is 0 Å². The van der Waals surface area contributed by atoms with Crippen molar-refractivity contribution in [1.82, 2.24) is 4.98 Å². The molecule has 1 aliphatic heterocycles. The summed E-state index contributed by atoms with van der Waals surface area (Å²) in [4.78, 5) is 21.0. The maximum absolute atomic E-state index is 13.1. The number of nitrogens with zero attached hydrogens (tertiary/aromatic N) is 1. The smallest absolute Gasteiger partial charge is 0.309 e. The van der Waals surface area contributed by atoms with Crippen LogP contribution < -0.4 is 0 Å². The summed E-state index contributed by atoms with van der Waals surface area (Å²) in [5, 5.41) is 9.96. The minimum atomic E-state index is -0.186. The van der Waals surface area contributed by atoms with Crippen LogP contribution in [-0.2, 0) is 9.53 Å². The first-order chi connectivity index (χ1) is 16.1. The molecule has 0 saturated heterocycles. The van der Waals surface area contributed by atoms with Crippen LogP contribution in [0.25, 0.3) is 5.57 Å². The first-order valence-corrected chi connectivity index (χ1v) is 13.3. The molecule has 1 aromatic heterocycles. The van der Waals surface area contributed by atoms with Gasteiger partial charge in [-0.25, -0.2) is 4.99 Å². The molecule has 3 aliphatic carbocycles. The normalized spacial score (nSPS) is 30.4. The molecule has 5 rings (SSSR count). The van der Waals surface area contributed by atoms with E-state index in [0.29, 0.717) is 12.5 Å². The Balaban J connectivity index is 1.15. The molecule has 2 heterocycles. The second-order valence-corrected chi connectivity index (χ2v) is 11.3. The summed E-state index contributed by atoms with van der Waals surface area (Å²) < 4.78 is 5.91. The van der Waals surface area contributed by atoms with Gasteiger partial charge in [0.15, 0.2) is 0 Å². The predicted octanol–water partition coefficient (Wildman–Crippen LogP) is 6.36. The fourth-order valence-corrected chi connectivity index (χ4v) is 6.75. The van der Waals surface area contributed by atoms with Gasteiger partial charge in [0.25, 0.3) is 0 Å². The molecule has 1 unspecified atom stereocenters. The Hall–Kier alpha value is -1.88. The third-order valence-corrected chi connectivity index (χ3v) is 9.04. The van der Waals surface area contributed by atoms with Crippen molar-refractivity contribution in [3.05, 3.63) is 23.9 Å². The number of aromatic nitrogens is 1. The average molecular weight is 453 g/mol. The molecule has 1 aromatic rings. The number of hydrogen-bond donors (Lipinski definition) is 2. The van der Waals surface area contributed by atoms with Crippen LogP contribution in [0.4, 0.5) is 5.82 Å². The number of aliphatic imine (C=N–C) groups is 1. The molecule has 1 spiro atoms. The van der Waals surface area contributed by atoms with Gasteiger partial charge in [-0.2, -0.15) is 0 Å². The Morgan fingerprint density at radius 1 is 1.15 bits per heavy atom. The van der Waals surface area contributed by atoms with Gasteiger partial charge in [0.1, 0.15) is 5.82 Å². The molecule has 0 bridgehead atoms. The standard InChI is InChI=1S/C28H40N2O3/c31-19-27(12-3-1-4-13-27)20-33-26(32)24-10-8-21(18-28(24)14-15-28)7-9-22-6-2-5-16-29-25-23(22)11-17-30-25/h6,11,16-17,21,24,30-31H,1-5,7-10,12-15,18-20H2/b22-6-,29-16-/t21?,24-/m0/s1. The summed E-state index contributed by atoms with van der Waals surface area (Å²) in [5.74, 6) is 1.77. The lowest BCUT2D eigenvalue weighted by Crippen LogP contribution is -2.38. The molecule has 33 heavy (non-hydrogen) atoms. The largest absolute Gasteiger partial charge is 0.465 e. The lowest BCUT2D eigenvalue weighted by atomic mass is 9.70. The van der Waals surface area contributed by atoms with E-state index in [1.165, 1.54) is 43.2 Å². The Bertz CT molecular complexity index is 889. The van der Waals surface area contributed by atoms with Crippen molar-refractivity contribution in [3.63, 3.8) is 0 Å². The summed E-state index contributed by atoms with van der Waals surface area (Å²) in [6.45, 7) is 0.552. The van der Waals surface area contributed by atoms with E-state index in [4.69, 9.17) is 4.74 Å². The molecule has 3 saturated carbocycles. The molecule has 180 valence electrons. The lowest BCUT2D eigenvalue weighted by molar-refractivity contribution is -0.159. The minimum absolute atomic E-state index is 0.0156. The summed E-state index contributed by atoms with van der Waals surface area (Å²) in [6, 6.07) is 2.16. The number of nitrogens with one attached hydrogen (secondary N) is 1. The Kier molecular flexibility index (Phi) is 6.78. The van der Waals surface area contributed by atoms with E-state index in [2.05, 4.69) is 22.1 Å². The van der Waals surface area contributed by atoms with Crippen LogP contribution in [0, 0.1) is 22.7 Å². The minimum Gasteiger partial charge on any atom is -0.465 e. The third-order valence-electron chi connectivity index (χ3n) is 9.04. The maximum Gasteiger partial charge on any atom is 0.309 e. The van der Waals surface area contributed by atoms with E-state index in [1.54, 1.807) is 0 Å². The number of aliphatic hydroxyl groups excluding tert-OH is 1. The zero-order chi connectivity index (χ0) is 22.7.